The number of benzene rings is 1. The molecule has 4 rings (SSSR count). The molecule has 1 N–H and O–H groups in total. The molecule has 1 unspecified atom stereocenters. The molecule has 6 heteroatoms. The molecule has 0 saturated heterocycles. The van der Waals surface area contributed by atoms with E-state index in [1.165, 1.54) is 0 Å². The Morgan fingerprint density at radius 1 is 1.07 bits per heavy atom. The Labute approximate surface area is 163 Å². The van der Waals surface area contributed by atoms with Crippen LogP contribution in [-0.2, 0) is 24.3 Å². The molecule has 1 aliphatic heterocycles. The van der Waals surface area contributed by atoms with E-state index in [9.17, 15) is 9.59 Å². The summed E-state index contributed by atoms with van der Waals surface area (Å²) in [5.41, 5.74) is 2.62. The van der Waals surface area contributed by atoms with Crippen LogP contribution in [0.5, 0.6) is 0 Å². The molecule has 1 atom stereocenters. The van der Waals surface area contributed by atoms with E-state index in [-0.39, 0.29) is 17.9 Å². The van der Waals surface area contributed by atoms with Gasteiger partial charge in [-0.05, 0) is 29.3 Å². The lowest BCUT2D eigenvalue weighted by molar-refractivity contribution is -0.120. The maximum absolute atomic E-state index is 13.0. The average molecular weight is 374 g/mol. The summed E-state index contributed by atoms with van der Waals surface area (Å²) < 4.78 is 1.95. The number of carbonyl (C=O) groups excluding carboxylic acids is 2. The molecule has 2 aromatic heterocycles. The van der Waals surface area contributed by atoms with Crippen molar-refractivity contribution in [3.63, 3.8) is 0 Å². The third-order valence-electron chi connectivity index (χ3n) is 4.98. The average Bonchev–Trinajstić information content (AvgIpc) is 3.19. The molecular formula is C22H22N4O2. The summed E-state index contributed by atoms with van der Waals surface area (Å²) in [4.78, 5) is 31.3. The van der Waals surface area contributed by atoms with Gasteiger partial charge in [-0.3, -0.25) is 14.6 Å². The zero-order valence-corrected chi connectivity index (χ0v) is 15.5. The smallest absolute Gasteiger partial charge is 0.271 e. The Hall–Kier alpha value is -3.41. The second-order valence-corrected chi connectivity index (χ2v) is 6.96. The van der Waals surface area contributed by atoms with Crippen molar-refractivity contribution in [1.82, 2.24) is 19.8 Å². The first kappa shape index (κ1) is 18.0. The first-order valence-electron chi connectivity index (χ1n) is 9.36. The quantitative estimate of drug-likeness (QED) is 0.720. The Morgan fingerprint density at radius 3 is 2.68 bits per heavy atom. The zero-order valence-electron chi connectivity index (χ0n) is 15.5. The monoisotopic (exact) mass is 374 g/mol. The molecule has 3 aromatic rings. The van der Waals surface area contributed by atoms with Crippen molar-refractivity contribution in [2.45, 2.75) is 25.6 Å². The molecule has 0 spiro atoms. The van der Waals surface area contributed by atoms with Gasteiger partial charge in [0, 0.05) is 38.2 Å². The lowest BCUT2D eigenvalue weighted by atomic mass is 10.1. The van der Waals surface area contributed by atoms with Gasteiger partial charge in [-0.15, -0.1) is 0 Å². The fourth-order valence-electron chi connectivity index (χ4n) is 3.55. The van der Waals surface area contributed by atoms with Crippen LogP contribution in [0, 0.1) is 0 Å². The second-order valence-electron chi connectivity index (χ2n) is 6.96. The molecule has 0 saturated carbocycles. The minimum Gasteiger partial charge on any atom is -0.354 e. The molecule has 28 heavy (non-hydrogen) atoms. The Kier molecular flexibility index (Phi) is 5.19. The van der Waals surface area contributed by atoms with E-state index >= 15 is 0 Å². The lowest BCUT2D eigenvalue weighted by Gasteiger charge is -2.36. The summed E-state index contributed by atoms with van der Waals surface area (Å²) in [7, 11) is 0. The number of nitrogens with zero attached hydrogens (tertiary/aromatic N) is 3. The van der Waals surface area contributed by atoms with Crippen LogP contribution in [-0.4, -0.2) is 38.9 Å². The number of nitrogens with one attached hydrogen (secondary N) is 1. The van der Waals surface area contributed by atoms with Gasteiger partial charge in [0.25, 0.3) is 5.91 Å². The molecule has 0 fully saturated rings. The highest BCUT2D eigenvalue weighted by atomic mass is 16.2. The SMILES string of the molecule is O=C(Cc1ccccc1)NCC1Cn2cccc2C(=O)N1Cc1cccnc1. The molecular weight excluding hydrogens is 352 g/mol. The predicted octanol–water partition coefficient (Wildman–Crippen LogP) is 2.27. The summed E-state index contributed by atoms with van der Waals surface area (Å²) in [6.45, 7) is 1.53. The van der Waals surface area contributed by atoms with E-state index in [2.05, 4.69) is 10.3 Å². The van der Waals surface area contributed by atoms with Crippen LogP contribution < -0.4 is 5.32 Å². The highest BCUT2D eigenvalue weighted by Gasteiger charge is 2.32. The van der Waals surface area contributed by atoms with E-state index in [0.29, 0.717) is 31.7 Å². The molecule has 0 bridgehead atoms. The highest BCUT2D eigenvalue weighted by molar-refractivity contribution is 5.93. The van der Waals surface area contributed by atoms with Gasteiger partial charge in [0.15, 0.2) is 0 Å². The largest absolute Gasteiger partial charge is 0.354 e. The molecule has 3 heterocycles. The number of hydrogen-bond donors (Lipinski definition) is 1. The van der Waals surface area contributed by atoms with E-state index in [1.807, 2.05) is 70.3 Å². The van der Waals surface area contributed by atoms with Crippen LogP contribution in [0.3, 0.4) is 0 Å². The van der Waals surface area contributed by atoms with Gasteiger partial charge in [-0.1, -0.05) is 36.4 Å². The van der Waals surface area contributed by atoms with Crippen LogP contribution in [0.4, 0.5) is 0 Å². The molecule has 142 valence electrons. The van der Waals surface area contributed by atoms with Crippen LogP contribution in [0.1, 0.15) is 21.6 Å². The standard InChI is InChI=1S/C22H22N4O2/c27-21(12-17-6-2-1-3-7-17)24-14-19-16-25-11-5-9-20(25)22(28)26(19)15-18-8-4-10-23-13-18/h1-11,13,19H,12,14-16H2,(H,24,27). The molecule has 2 amide bonds. The third kappa shape index (κ3) is 3.96. The fraction of sp³-hybridized carbons (Fsp3) is 0.227. The van der Waals surface area contributed by atoms with Crippen LogP contribution in [0.15, 0.2) is 73.2 Å². The Balaban J connectivity index is 1.46. The number of hydrogen-bond acceptors (Lipinski definition) is 3. The Bertz CT molecular complexity index is 953. The van der Waals surface area contributed by atoms with Crippen molar-refractivity contribution in [2.75, 3.05) is 6.54 Å². The van der Waals surface area contributed by atoms with Gasteiger partial charge in [-0.2, -0.15) is 0 Å². The fourth-order valence-corrected chi connectivity index (χ4v) is 3.55. The Morgan fingerprint density at radius 2 is 1.89 bits per heavy atom. The van der Waals surface area contributed by atoms with Gasteiger partial charge < -0.3 is 14.8 Å². The summed E-state index contributed by atoms with van der Waals surface area (Å²) in [5.74, 6) is -0.0688. The topological polar surface area (TPSA) is 67.2 Å². The molecule has 1 aromatic carbocycles. The van der Waals surface area contributed by atoms with Gasteiger partial charge in [-0.25, -0.2) is 0 Å². The van der Waals surface area contributed by atoms with Gasteiger partial charge in [0.05, 0.1) is 12.5 Å². The van der Waals surface area contributed by atoms with Gasteiger partial charge in [0.2, 0.25) is 5.91 Å². The van der Waals surface area contributed by atoms with E-state index in [0.717, 1.165) is 11.1 Å². The van der Waals surface area contributed by atoms with Crippen molar-refractivity contribution in [2.24, 2.45) is 0 Å². The minimum atomic E-state index is -0.118. The van der Waals surface area contributed by atoms with E-state index < -0.39 is 0 Å². The van der Waals surface area contributed by atoms with Gasteiger partial charge in [0.1, 0.15) is 5.69 Å². The van der Waals surface area contributed by atoms with E-state index in [4.69, 9.17) is 0 Å². The number of pyridine rings is 1. The minimum absolute atomic E-state index is 0.0255. The summed E-state index contributed by atoms with van der Waals surface area (Å²) in [5, 5.41) is 3.00. The van der Waals surface area contributed by atoms with Crippen molar-refractivity contribution >= 4 is 11.8 Å². The predicted molar refractivity (Wildman–Crippen MR) is 105 cm³/mol. The number of fused-ring (bicyclic) bond motifs is 1. The zero-order chi connectivity index (χ0) is 19.3. The first-order chi connectivity index (χ1) is 13.7. The molecule has 0 aliphatic carbocycles. The number of carbonyl (C=O) groups is 2. The van der Waals surface area contributed by atoms with Crippen LogP contribution in [0.25, 0.3) is 0 Å². The normalized spacial score (nSPS) is 15.9. The van der Waals surface area contributed by atoms with Crippen LogP contribution in [0.2, 0.25) is 0 Å². The van der Waals surface area contributed by atoms with Crippen molar-refractivity contribution in [1.29, 1.82) is 0 Å². The first-order valence-corrected chi connectivity index (χ1v) is 9.36. The van der Waals surface area contributed by atoms with Crippen LogP contribution >= 0.6 is 0 Å². The molecule has 6 nitrogen and oxygen atoms in total. The maximum atomic E-state index is 13.0. The van der Waals surface area contributed by atoms with Crippen molar-refractivity contribution < 1.29 is 9.59 Å². The molecule has 0 radical (unpaired) electrons. The summed E-state index contributed by atoms with van der Waals surface area (Å²) >= 11 is 0. The van der Waals surface area contributed by atoms with E-state index in [1.54, 1.807) is 12.4 Å². The van der Waals surface area contributed by atoms with Crippen molar-refractivity contribution in [3.05, 3.63) is 90.0 Å². The number of amides is 2. The lowest BCUT2D eigenvalue weighted by Crippen LogP contribution is -2.52. The summed E-state index contributed by atoms with van der Waals surface area (Å²) in [6.07, 6.45) is 5.73. The highest BCUT2D eigenvalue weighted by Crippen LogP contribution is 2.20. The molecule has 1 aliphatic rings. The number of rotatable bonds is 6. The number of aromatic nitrogens is 2. The summed E-state index contributed by atoms with van der Waals surface area (Å²) in [6, 6.07) is 17.1. The van der Waals surface area contributed by atoms with Gasteiger partial charge >= 0.3 is 0 Å². The third-order valence-corrected chi connectivity index (χ3v) is 4.98. The second kappa shape index (κ2) is 8.08. The maximum Gasteiger partial charge on any atom is 0.271 e. The van der Waals surface area contributed by atoms with Crippen molar-refractivity contribution in [3.8, 4) is 0 Å².